The van der Waals surface area contributed by atoms with Crippen molar-refractivity contribution in [1.29, 1.82) is 0 Å². The maximum Gasteiger partial charge on any atom is 0.346 e. The minimum atomic E-state index is -0.457. The highest BCUT2D eigenvalue weighted by molar-refractivity contribution is 5.73. The van der Waals surface area contributed by atoms with Crippen LogP contribution in [0.2, 0.25) is 0 Å². The first kappa shape index (κ1) is 9.71. The Hall–Kier alpha value is -0.830. The molecule has 3 rings (SSSR count). The first-order valence-electron chi connectivity index (χ1n) is 5.26. The van der Waals surface area contributed by atoms with E-state index in [0.29, 0.717) is 5.92 Å². The van der Waals surface area contributed by atoms with E-state index in [1.807, 2.05) is 0 Å². The van der Waals surface area contributed by atoms with Gasteiger partial charge in [0.1, 0.15) is 0 Å². The summed E-state index contributed by atoms with van der Waals surface area (Å²) in [7, 11) is 0. The van der Waals surface area contributed by atoms with Gasteiger partial charge in [-0.25, -0.2) is 4.79 Å². The molecule has 3 aliphatic carbocycles. The molecule has 3 nitrogen and oxygen atoms in total. The Morgan fingerprint density at radius 1 is 1.71 bits per heavy atom. The minimum Gasteiger partial charge on any atom is -0.301 e. The predicted octanol–water partition coefficient (Wildman–Crippen LogP) is 2.39. The van der Waals surface area contributed by atoms with Crippen LogP contribution >= 0.6 is 0 Å². The summed E-state index contributed by atoms with van der Waals surface area (Å²) in [6.45, 7) is 2.09. The molecule has 14 heavy (non-hydrogen) atoms. The smallest absolute Gasteiger partial charge is 0.301 e. The van der Waals surface area contributed by atoms with Crippen LogP contribution in [0.4, 0.5) is 0 Å². The van der Waals surface area contributed by atoms with Gasteiger partial charge in [-0.05, 0) is 31.6 Å². The number of rotatable bonds is 2. The van der Waals surface area contributed by atoms with Crippen LogP contribution in [0, 0.1) is 17.3 Å². The second kappa shape index (κ2) is 3.39. The van der Waals surface area contributed by atoms with Gasteiger partial charge in [0, 0.05) is 5.41 Å². The van der Waals surface area contributed by atoms with E-state index >= 15 is 0 Å². The Kier molecular flexibility index (Phi) is 2.35. The monoisotopic (exact) mass is 196 g/mol. The molecule has 0 saturated heterocycles. The van der Waals surface area contributed by atoms with Crippen LogP contribution in [0.5, 0.6) is 0 Å². The first-order valence-corrected chi connectivity index (χ1v) is 5.26. The van der Waals surface area contributed by atoms with Crippen LogP contribution in [-0.4, -0.2) is 11.2 Å². The summed E-state index contributed by atoms with van der Waals surface area (Å²) in [6, 6.07) is 0. The molecule has 2 bridgehead atoms. The summed E-state index contributed by atoms with van der Waals surface area (Å²) in [5.41, 5.74) is -0.0471. The number of hydrogen-bond donors (Lipinski definition) is 1. The van der Waals surface area contributed by atoms with E-state index in [2.05, 4.69) is 24.0 Å². The van der Waals surface area contributed by atoms with E-state index in [1.165, 1.54) is 6.42 Å². The highest BCUT2D eigenvalue weighted by Gasteiger charge is 2.47. The van der Waals surface area contributed by atoms with Gasteiger partial charge in [-0.1, -0.05) is 19.1 Å². The predicted molar refractivity (Wildman–Crippen MR) is 51.4 cm³/mol. The molecule has 0 spiro atoms. The van der Waals surface area contributed by atoms with Gasteiger partial charge in [0.2, 0.25) is 0 Å². The quantitative estimate of drug-likeness (QED) is 0.419. The fourth-order valence-electron chi connectivity index (χ4n) is 2.92. The zero-order chi connectivity index (χ0) is 10.2. The van der Waals surface area contributed by atoms with Gasteiger partial charge in [-0.15, -0.1) is 0 Å². The van der Waals surface area contributed by atoms with Crippen LogP contribution in [0.1, 0.15) is 32.6 Å². The third-order valence-electron chi connectivity index (χ3n) is 3.95. The van der Waals surface area contributed by atoms with Crippen LogP contribution in [0.25, 0.3) is 0 Å². The Morgan fingerprint density at radius 2 is 2.50 bits per heavy atom. The summed E-state index contributed by atoms with van der Waals surface area (Å²) < 4.78 is 0. The van der Waals surface area contributed by atoms with Crippen LogP contribution in [0.3, 0.4) is 0 Å². The van der Waals surface area contributed by atoms with Gasteiger partial charge in [0.15, 0.2) is 0 Å². The molecule has 3 unspecified atom stereocenters. The van der Waals surface area contributed by atoms with E-state index in [-0.39, 0.29) is 11.3 Å². The van der Waals surface area contributed by atoms with Crippen LogP contribution in [0.15, 0.2) is 12.2 Å². The van der Waals surface area contributed by atoms with Gasteiger partial charge < -0.3 is 4.89 Å². The normalized spacial score (nSPS) is 39.9. The maximum absolute atomic E-state index is 11.4. The third kappa shape index (κ3) is 1.27. The molecule has 1 fully saturated rings. The van der Waals surface area contributed by atoms with Gasteiger partial charge in [-0.2, -0.15) is 5.26 Å². The zero-order valence-electron chi connectivity index (χ0n) is 8.40. The zero-order valence-corrected chi connectivity index (χ0v) is 8.40. The highest BCUT2D eigenvalue weighted by Crippen LogP contribution is 2.51. The lowest BCUT2D eigenvalue weighted by molar-refractivity contribution is -0.244. The molecule has 3 heteroatoms. The fourth-order valence-corrected chi connectivity index (χ4v) is 2.92. The Labute approximate surface area is 83.7 Å². The molecule has 3 atom stereocenters. The summed E-state index contributed by atoms with van der Waals surface area (Å²) in [5.74, 6) is -0.0883. The topological polar surface area (TPSA) is 46.5 Å². The standard InChI is InChI=1S/C11H16O3/c1-2-11-5-3-8(4-6-11)7-9(11)10(12)14-13/h3,5,8-9,13H,2,4,6-7H2,1H3. The summed E-state index contributed by atoms with van der Waals surface area (Å²) in [5, 5.41) is 8.45. The highest BCUT2D eigenvalue weighted by atomic mass is 17.1. The first-order chi connectivity index (χ1) is 6.72. The molecular weight excluding hydrogens is 180 g/mol. The lowest BCUT2D eigenvalue weighted by atomic mass is 9.58. The molecular formula is C11H16O3. The van der Waals surface area contributed by atoms with Crippen molar-refractivity contribution in [3.8, 4) is 0 Å². The van der Waals surface area contributed by atoms with E-state index < -0.39 is 5.97 Å². The SMILES string of the molecule is CCC12C=CC(CC1)CC2C(=O)OO. The number of carbonyl (C=O) groups is 1. The maximum atomic E-state index is 11.4. The van der Waals surface area contributed by atoms with Gasteiger partial charge in [0.25, 0.3) is 0 Å². The average Bonchev–Trinajstić information content (AvgIpc) is 2.29. The molecule has 3 aliphatic rings. The molecule has 0 aromatic heterocycles. The van der Waals surface area contributed by atoms with Gasteiger partial charge in [0.05, 0.1) is 5.92 Å². The molecule has 0 aromatic rings. The third-order valence-corrected chi connectivity index (χ3v) is 3.95. The summed E-state index contributed by atoms with van der Waals surface area (Å²) in [4.78, 5) is 15.3. The number of fused-ring (bicyclic) bond motifs is 2. The average molecular weight is 196 g/mol. The molecule has 0 heterocycles. The van der Waals surface area contributed by atoms with Crippen molar-refractivity contribution in [2.24, 2.45) is 17.3 Å². The number of allylic oxidation sites excluding steroid dienone is 2. The van der Waals surface area contributed by atoms with E-state index in [1.54, 1.807) is 0 Å². The Bertz CT molecular complexity index is 272. The second-order valence-corrected chi connectivity index (χ2v) is 4.44. The van der Waals surface area contributed by atoms with E-state index in [4.69, 9.17) is 5.26 Å². The molecule has 0 aliphatic heterocycles. The van der Waals surface area contributed by atoms with Crippen molar-refractivity contribution in [1.82, 2.24) is 0 Å². The number of hydrogen-bond acceptors (Lipinski definition) is 3. The van der Waals surface area contributed by atoms with Crippen molar-refractivity contribution >= 4 is 5.97 Å². The van der Waals surface area contributed by atoms with Crippen molar-refractivity contribution < 1.29 is 14.9 Å². The fraction of sp³-hybridized carbons (Fsp3) is 0.727. The molecule has 0 aromatic carbocycles. The molecule has 1 N–H and O–H groups in total. The Balaban J connectivity index is 2.27. The number of carbonyl (C=O) groups excluding carboxylic acids is 1. The molecule has 0 radical (unpaired) electrons. The lowest BCUT2D eigenvalue weighted by Crippen LogP contribution is -2.42. The van der Waals surface area contributed by atoms with Crippen molar-refractivity contribution in [2.45, 2.75) is 32.6 Å². The van der Waals surface area contributed by atoms with Crippen LogP contribution in [-0.2, 0) is 9.68 Å². The van der Waals surface area contributed by atoms with E-state index in [0.717, 1.165) is 19.3 Å². The van der Waals surface area contributed by atoms with E-state index in [9.17, 15) is 4.79 Å². The minimum absolute atomic E-state index is 0.0471. The van der Waals surface area contributed by atoms with Crippen molar-refractivity contribution in [3.05, 3.63) is 12.2 Å². The second-order valence-electron chi connectivity index (χ2n) is 4.44. The molecule has 78 valence electrons. The van der Waals surface area contributed by atoms with Gasteiger partial charge >= 0.3 is 5.97 Å². The summed E-state index contributed by atoms with van der Waals surface area (Å²) in [6.07, 6.45) is 8.37. The molecule has 1 saturated carbocycles. The van der Waals surface area contributed by atoms with Crippen LogP contribution < -0.4 is 0 Å². The Morgan fingerprint density at radius 3 is 3.00 bits per heavy atom. The molecule has 0 amide bonds. The lowest BCUT2D eigenvalue weighted by Gasteiger charge is -2.46. The van der Waals surface area contributed by atoms with Crippen molar-refractivity contribution in [2.75, 3.05) is 0 Å². The summed E-state index contributed by atoms with van der Waals surface area (Å²) >= 11 is 0. The van der Waals surface area contributed by atoms with Crippen molar-refractivity contribution in [3.63, 3.8) is 0 Å². The largest absolute Gasteiger partial charge is 0.346 e. The van der Waals surface area contributed by atoms with Gasteiger partial charge in [-0.3, -0.25) is 0 Å².